The van der Waals surface area contributed by atoms with Gasteiger partial charge in [-0.3, -0.25) is 14.2 Å². The van der Waals surface area contributed by atoms with E-state index in [-0.39, 0.29) is 18.4 Å². The van der Waals surface area contributed by atoms with E-state index in [2.05, 4.69) is 15.6 Å². The van der Waals surface area contributed by atoms with Crippen molar-refractivity contribution in [3.8, 4) is 11.3 Å². The Labute approximate surface area is 178 Å². The Hall–Kier alpha value is -4.26. The van der Waals surface area contributed by atoms with E-state index in [0.29, 0.717) is 22.6 Å². The Balaban J connectivity index is 1.61. The molecular weight excluding hydrogens is 392 g/mol. The Morgan fingerprint density at radius 1 is 0.839 bits per heavy atom. The molecule has 0 aliphatic rings. The van der Waals surface area contributed by atoms with Crippen LogP contribution in [0.4, 0.5) is 11.4 Å². The zero-order chi connectivity index (χ0) is 21.8. The highest BCUT2D eigenvalue weighted by molar-refractivity contribution is 5.95. The number of benzene rings is 3. The average Bonchev–Trinajstić information content (AvgIpc) is 2.77. The lowest BCUT2D eigenvalue weighted by molar-refractivity contribution is -0.117. The van der Waals surface area contributed by atoms with Crippen LogP contribution in [0.1, 0.15) is 6.92 Å². The summed E-state index contributed by atoms with van der Waals surface area (Å²) in [6.45, 7) is 1.25. The topological polar surface area (TPSA) is 93.1 Å². The predicted molar refractivity (Wildman–Crippen MR) is 121 cm³/mol. The quantitative estimate of drug-likeness (QED) is 0.523. The molecule has 0 atom stereocenters. The molecule has 0 bridgehead atoms. The van der Waals surface area contributed by atoms with E-state index in [4.69, 9.17) is 0 Å². The molecule has 7 heteroatoms. The Morgan fingerprint density at radius 2 is 1.45 bits per heavy atom. The summed E-state index contributed by atoms with van der Waals surface area (Å²) >= 11 is 0. The molecular formula is C24H20N4O3. The number of nitrogens with zero attached hydrogens (tertiary/aromatic N) is 2. The van der Waals surface area contributed by atoms with Gasteiger partial charge in [0.1, 0.15) is 6.54 Å². The zero-order valence-corrected chi connectivity index (χ0v) is 16.8. The summed E-state index contributed by atoms with van der Waals surface area (Å²) in [6.07, 6.45) is 0. The van der Waals surface area contributed by atoms with Crippen molar-refractivity contribution >= 4 is 34.1 Å². The third-order valence-electron chi connectivity index (χ3n) is 4.73. The largest absolute Gasteiger partial charge is 0.349 e. The van der Waals surface area contributed by atoms with Gasteiger partial charge < -0.3 is 10.6 Å². The van der Waals surface area contributed by atoms with Gasteiger partial charge in [0, 0.05) is 29.2 Å². The lowest BCUT2D eigenvalue weighted by Crippen LogP contribution is -2.30. The maximum atomic E-state index is 12.8. The summed E-state index contributed by atoms with van der Waals surface area (Å²) in [4.78, 5) is 40.8. The van der Waals surface area contributed by atoms with Crippen LogP contribution in [0.2, 0.25) is 0 Å². The molecule has 0 saturated heterocycles. The number of hydrogen-bond acceptors (Lipinski definition) is 4. The van der Waals surface area contributed by atoms with Gasteiger partial charge in [0.2, 0.25) is 11.8 Å². The molecule has 0 fully saturated rings. The number of amides is 2. The minimum Gasteiger partial charge on any atom is -0.326 e. The van der Waals surface area contributed by atoms with Crippen molar-refractivity contribution in [1.82, 2.24) is 9.55 Å². The first-order chi connectivity index (χ1) is 15.0. The maximum Gasteiger partial charge on any atom is 0.349 e. The molecule has 7 nitrogen and oxygen atoms in total. The first-order valence-electron chi connectivity index (χ1n) is 9.74. The Bertz CT molecular complexity index is 1310. The zero-order valence-electron chi connectivity index (χ0n) is 16.8. The van der Waals surface area contributed by atoms with Gasteiger partial charge in [-0.15, -0.1) is 0 Å². The second-order valence-electron chi connectivity index (χ2n) is 7.02. The van der Waals surface area contributed by atoms with Gasteiger partial charge >= 0.3 is 5.69 Å². The number of carbonyl (C=O) groups excluding carboxylic acids is 2. The van der Waals surface area contributed by atoms with Gasteiger partial charge in [0.05, 0.1) is 11.2 Å². The van der Waals surface area contributed by atoms with Crippen LogP contribution in [-0.2, 0) is 16.1 Å². The molecule has 0 saturated carbocycles. The summed E-state index contributed by atoms with van der Waals surface area (Å²) in [5.74, 6) is -0.525. The summed E-state index contributed by atoms with van der Waals surface area (Å²) in [5, 5.41) is 6.23. The van der Waals surface area contributed by atoms with Crippen molar-refractivity contribution in [2.24, 2.45) is 0 Å². The van der Waals surface area contributed by atoms with E-state index in [1.807, 2.05) is 48.5 Å². The number of aromatic nitrogens is 2. The standard InChI is InChI=1S/C24H20N4O3/c1-16(29)25-18-11-13-19(14-12-18)26-22(30)15-28-21-10-6-5-9-20(21)23(27-24(28)31)17-7-3-2-4-8-17/h2-14H,15H2,1H3,(H,25,29)(H,26,30). The van der Waals surface area contributed by atoms with Gasteiger partial charge in [0.25, 0.3) is 0 Å². The van der Waals surface area contributed by atoms with Crippen LogP contribution >= 0.6 is 0 Å². The minimum atomic E-state index is -0.492. The lowest BCUT2D eigenvalue weighted by Gasteiger charge is -2.13. The number of fused-ring (bicyclic) bond motifs is 1. The third-order valence-corrected chi connectivity index (χ3v) is 4.73. The van der Waals surface area contributed by atoms with Crippen LogP contribution < -0.4 is 16.3 Å². The van der Waals surface area contributed by atoms with E-state index in [1.54, 1.807) is 30.3 Å². The summed E-state index contributed by atoms with van der Waals surface area (Å²) in [6, 6.07) is 23.6. The number of para-hydroxylation sites is 1. The van der Waals surface area contributed by atoms with Crippen LogP contribution in [0.25, 0.3) is 22.2 Å². The fourth-order valence-electron chi connectivity index (χ4n) is 3.38. The molecule has 31 heavy (non-hydrogen) atoms. The Morgan fingerprint density at radius 3 is 2.13 bits per heavy atom. The number of rotatable bonds is 5. The molecule has 0 unspecified atom stereocenters. The van der Waals surface area contributed by atoms with Crippen molar-refractivity contribution in [1.29, 1.82) is 0 Å². The van der Waals surface area contributed by atoms with Crippen LogP contribution in [0.3, 0.4) is 0 Å². The summed E-state index contributed by atoms with van der Waals surface area (Å²) in [7, 11) is 0. The molecule has 0 radical (unpaired) electrons. The average molecular weight is 412 g/mol. The van der Waals surface area contributed by atoms with Crippen LogP contribution in [0.15, 0.2) is 83.7 Å². The SMILES string of the molecule is CC(=O)Nc1ccc(NC(=O)Cn2c(=O)nc(-c3ccccc3)c3ccccc32)cc1. The second kappa shape index (κ2) is 8.62. The summed E-state index contributed by atoms with van der Waals surface area (Å²) in [5.41, 5.74) is 2.77. The molecule has 0 spiro atoms. The highest BCUT2D eigenvalue weighted by atomic mass is 16.2. The minimum absolute atomic E-state index is 0.172. The van der Waals surface area contributed by atoms with Crippen molar-refractivity contribution in [3.05, 3.63) is 89.3 Å². The van der Waals surface area contributed by atoms with Crippen molar-refractivity contribution in [3.63, 3.8) is 0 Å². The predicted octanol–water partition coefficient (Wildman–Crippen LogP) is 3.66. The number of anilines is 2. The maximum absolute atomic E-state index is 12.8. The second-order valence-corrected chi connectivity index (χ2v) is 7.02. The van der Waals surface area contributed by atoms with Crippen molar-refractivity contribution in [2.45, 2.75) is 13.5 Å². The first-order valence-corrected chi connectivity index (χ1v) is 9.74. The molecule has 4 rings (SSSR count). The molecule has 1 aromatic heterocycles. The molecule has 0 aliphatic carbocycles. The Kier molecular flexibility index (Phi) is 5.57. The fourth-order valence-corrected chi connectivity index (χ4v) is 3.38. The van der Waals surface area contributed by atoms with Crippen molar-refractivity contribution in [2.75, 3.05) is 10.6 Å². The van der Waals surface area contributed by atoms with Gasteiger partial charge in [-0.2, -0.15) is 4.98 Å². The lowest BCUT2D eigenvalue weighted by atomic mass is 10.1. The summed E-state index contributed by atoms with van der Waals surface area (Å²) < 4.78 is 1.36. The van der Waals surface area contributed by atoms with E-state index >= 15 is 0 Å². The number of nitrogens with one attached hydrogen (secondary N) is 2. The molecule has 154 valence electrons. The molecule has 1 heterocycles. The highest BCUT2D eigenvalue weighted by Crippen LogP contribution is 2.25. The third kappa shape index (κ3) is 4.51. The van der Waals surface area contributed by atoms with Crippen LogP contribution in [0.5, 0.6) is 0 Å². The molecule has 2 amide bonds. The molecule has 2 N–H and O–H groups in total. The fraction of sp³-hybridized carbons (Fsp3) is 0.0833. The van der Waals surface area contributed by atoms with Gasteiger partial charge in [0.15, 0.2) is 0 Å². The normalized spacial score (nSPS) is 10.6. The van der Waals surface area contributed by atoms with Crippen molar-refractivity contribution < 1.29 is 9.59 Å². The molecule has 4 aromatic rings. The van der Waals surface area contributed by atoms with E-state index in [0.717, 1.165) is 10.9 Å². The van der Waals surface area contributed by atoms with E-state index in [1.165, 1.54) is 11.5 Å². The smallest absolute Gasteiger partial charge is 0.326 e. The van der Waals surface area contributed by atoms with Crippen LogP contribution in [-0.4, -0.2) is 21.4 Å². The molecule has 0 aliphatic heterocycles. The number of carbonyl (C=O) groups is 2. The van der Waals surface area contributed by atoms with Crippen LogP contribution in [0, 0.1) is 0 Å². The number of hydrogen-bond donors (Lipinski definition) is 2. The van der Waals surface area contributed by atoms with E-state index in [9.17, 15) is 14.4 Å². The highest BCUT2D eigenvalue weighted by Gasteiger charge is 2.14. The van der Waals surface area contributed by atoms with E-state index < -0.39 is 5.69 Å². The monoisotopic (exact) mass is 412 g/mol. The first kappa shape index (κ1) is 20.0. The van der Waals surface area contributed by atoms with Gasteiger partial charge in [-0.1, -0.05) is 48.5 Å². The van der Waals surface area contributed by atoms with Gasteiger partial charge in [-0.05, 0) is 30.3 Å². The van der Waals surface area contributed by atoms with Gasteiger partial charge in [-0.25, -0.2) is 4.79 Å². The molecule has 3 aromatic carbocycles.